The van der Waals surface area contributed by atoms with Crippen LogP contribution in [0.2, 0.25) is 0 Å². The fourth-order valence-electron chi connectivity index (χ4n) is 3.80. The quantitative estimate of drug-likeness (QED) is 0.641. The third-order valence-corrected chi connectivity index (χ3v) is 5.39. The average molecular weight is 388 g/mol. The number of anilines is 1. The molecule has 0 atom stereocenters. The molecule has 3 aromatic rings. The van der Waals surface area contributed by atoms with Crippen LogP contribution >= 0.6 is 0 Å². The molecule has 0 N–H and O–H groups in total. The summed E-state index contributed by atoms with van der Waals surface area (Å²) in [7, 11) is 1.61. The van der Waals surface area contributed by atoms with Crippen molar-refractivity contribution in [1.82, 2.24) is 4.90 Å². The first-order chi connectivity index (χ1) is 14.2. The number of likely N-dealkylation sites (tertiary alicyclic amines) is 1. The average Bonchev–Trinajstić information content (AvgIpc) is 3.17. The molecule has 0 saturated carbocycles. The Kier molecular flexibility index (Phi) is 5.47. The Morgan fingerprint density at radius 3 is 2.52 bits per heavy atom. The molecule has 0 bridgehead atoms. The van der Waals surface area contributed by atoms with Crippen molar-refractivity contribution in [2.45, 2.75) is 19.3 Å². The van der Waals surface area contributed by atoms with Crippen LogP contribution in [0.5, 0.6) is 5.75 Å². The molecule has 0 spiro atoms. The maximum Gasteiger partial charge on any atom is 0.232 e. The van der Waals surface area contributed by atoms with E-state index in [2.05, 4.69) is 0 Å². The Labute approximate surface area is 170 Å². The van der Waals surface area contributed by atoms with Crippen molar-refractivity contribution >= 4 is 28.3 Å². The second-order valence-electron chi connectivity index (χ2n) is 7.24. The lowest BCUT2D eigenvalue weighted by molar-refractivity contribution is -0.128. The van der Waals surface area contributed by atoms with E-state index in [0.717, 1.165) is 34.2 Å². The summed E-state index contributed by atoms with van der Waals surface area (Å²) in [6, 6.07) is 21.5. The van der Waals surface area contributed by atoms with Gasteiger partial charge in [-0.1, -0.05) is 42.5 Å². The lowest BCUT2D eigenvalue weighted by Gasteiger charge is -2.28. The number of amides is 2. The Morgan fingerprint density at radius 1 is 1.03 bits per heavy atom. The first-order valence-corrected chi connectivity index (χ1v) is 9.84. The van der Waals surface area contributed by atoms with Crippen LogP contribution in [0.3, 0.4) is 0 Å². The number of carbonyl (C=O) groups is 2. The lowest BCUT2D eigenvalue weighted by Crippen LogP contribution is -2.43. The molecule has 4 rings (SSSR count). The van der Waals surface area contributed by atoms with Crippen LogP contribution in [-0.2, 0) is 16.0 Å². The van der Waals surface area contributed by atoms with Gasteiger partial charge in [0, 0.05) is 18.7 Å². The van der Waals surface area contributed by atoms with Gasteiger partial charge in [-0.2, -0.15) is 0 Å². The molecular formula is C24H24N2O3. The Bertz CT molecular complexity index is 1020. The van der Waals surface area contributed by atoms with Crippen LogP contribution in [-0.4, -0.2) is 37.0 Å². The first kappa shape index (κ1) is 19.0. The second-order valence-corrected chi connectivity index (χ2v) is 7.24. The summed E-state index contributed by atoms with van der Waals surface area (Å²) in [5.74, 6) is 0.792. The van der Waals surface area contributed by atoms with E-state index in [1.165, 1.54) is 0 Å². The van der Waals surface area contributed by atoms with Gasteiger partial charge in [0.1, 0.15) is 12.4 Å². The molecule has 0 aromatic heterocycles. The molecule has 2 amide bonds. The fraction of sp³-hybridized carbons (Fsp3) is 0.250. The number of rotatable bonds is 6. The van der Waals surface area contributed by atoms with Crippen LogP contribution < -0.4 is 9.64 Å². The molecule has 3 aromatic carbocycles. The Hall–Kier alpha value is -3.34. The van der Waals surface area contributed by atoms with Crippen LogP contribution in [0, 0.1) is 0 Å². The monoisotopic (exact) mass is 388 g/mol. The third kappa shape index (κ3) is 4.09. The van der Waals surface area contributed by atoms with Crippen molar-refractivity contribution in [1.29, 1.82) is 0 Å². The number of benzene rings is 3. The highest BCUT2D eigenvalue weighted by molar-refractivity contribution is 5.98. The minimum Gasteiger partial charge on any atom is -0.497 e. The number of methoxy groups -OCH3 is 1. The van der Waals surface area contributed by atoms with Gasteiger partial charge >= 0.3 is 0 Å². The van der Waals surface area contributed by atoms with Crippen molar-refractivity contribution in [2.24, 2.45) is 0 Å². The van der Waals surface area contributed by atoms with E-state index in [-0.39, 0.29) is 24.9 Å². The highest BCUT2D eigenvalue weighted by atomic mass is 16.5. The highest BCUT2D eigenvalue weighted by Gasteiger charge is 2.26. The van der Waals surface area contributed by atoms with Gasteiger partial charge in [-0.25, -0.2) is 0 Å². The minimum atomic E-state index is -0.0359. The maximum atomic E-state index is 13.4. The number of nitrogens with zero attached hydrogens (tertiary/aromatic N) is 2. The van der Waals surface area contributed by atoms with Gasteiger partial charge in [-0.05, 0) is 47.0 Å². The Morgan fingerprint density at radius 2 is 1.79 bits per heavy atom. The molecule has 0 radical (unpaired) electrons. The van der Waals surface area contributed by atoms with Crippen molar-refractivity contribution in [3.05, 3.63) is 72.3 Å². The van der Waals surface area contributed by atoms with E-state index in [9.17, 15) is 9.59 Å². The smallest absolute Gasteiger partial charge is 0.232 e. The summed E-state index contributed by atoms with van der Waals surface area (Å²) in [5.41, 5.74) is 1.75. The van der Waals surface area contributed by atoms with E-state index in [1.54, 1.807) is 16.9 Å². The molecule has 1 aliphatic rings. The SMILES string of the molecule is COc1ccc(N(CN2CCCC2=O)C(=O)Cc2cccc3ccccc23)cc1. The predicted molar refractivity (Wildman–Crippen MR) is 114 cm³/mol. The van der Waals surface area contributed by atoms with E-state index in [4.69, 9.17) is 4.74 Å². The van der Waals surface area contributed by atoms with Gasteiger partial charge in [0.25, 0.3) is 0 Å². The van der Waals surface area contributed by atoms with E-state index < -0.39 is 0 Å². The zero-order chi connectivity index (χ0) is 20.2. The van der Waals surface area contributed by atoms with Crippen molar-refractivity contribution in [3.8, 4) is 5.75 Å². The number of hydrogen-bond donors (Lipinski definition) is 0. The summed E-state index contributed by atoms with van der Waals surface area (Å²) < 4.78 is 5.24. The normalized spacial score (nSPS) is 13.7. The van der Waals surface area contributed by atoms with Gasteiger partial charge in [0.15, 0.2) is 0 Å². The number of ether oxygens (including phenoxy) is 1. The summed E-state index contributed by atoms with van der Waals surface area (Å²) in [4.78, 5) is 29.0. The van der Waals surface area contributed by atoms with Gasteiger partial charge < -0.3 is 9.64 Å². The molecule has 29 heavy (non-hydrogen) atoms. The summed E-state index contributed by atoms with van der Waals surface area (Å²) in [6.07, 6.45) is 1.66. The van der Waals surface area contributed by atoms with Crippen molar-refractivity contribution in [2.75, 3.05) is 25.2 Å². The van der Waals surface area contributed by atoms with Crippen LogP contribution in [0.15, 0.2) is 66.7 Å². The lowest BCUT2D eigenvalue weighted by atomic mass is 10.0. The van der Waals surface area contributed by atoms with E-state index >= 15 is 0 Å². The summed E-state index contributed by atoms with van der Waals surface area (Å²) >= 11 is 0. The number of fused-ring (bicyclic) bond motifs is 1. The molecule has 1 heterocycles. The molecule has 1 fully saturated rings. The summed E-state index contributed by atoms with van der Waals surface area (Å²) in [6.45, 7) is 0.960. The largest absolute Gasteiger partial charge is 0.497 e. The second kappa shape index (κ2) is 8.35. The number of hydrogen-bond acceptors (Lipinski definition) is 3. The van der Waals surface area contributed by atoms with Crippen molar-refractivity contribution < 1.29 is 14.3 Å². The molecule has 1 saturated heterocycles. The topological polar surface area (TPSA) is 49.9 Å². The zero-order valence-electron chi connectivity index (χ0n) is 16.5. The van der Waals surface area contributed by atoms with Gasteiger partial charge in [-0.15, -0.1) is 0 Å². The molecule has 5 nitrogen and oxygen atoms in total. The zero-order valence-corrected chi connectivity index (χ0v) is 16.5. The third-order valence-electron chi connectivity index (χ3n) is 5.39. The highest BCUT2D eigenvalue weighted by Crippen LogP contribution is 2.24. The molecule has 148 valence electrons. The van der Waals surface area contributed by atoms with E-state index in [1.807, 2.05) is 66.7 Å². The van der Waals surface area contributed by atoms with Crippen LogP contribution in [0.25, 0.3) is 10.8 Å². The fourth-order valence-corrected chi connectivity index (χ4v) is 3.80. The molecule has 1 aliphatic heterocycles. The first-order valence-electron chi connectivity index (χ1n) is 9.84. The van der Waals surface area contributed by atoms with Crippen LogP contribution in [0.1, 0.15) is 18.4 Å². The molecule has 5 heteroatoms. The molecule has 0 aliphatic carbocycles. The standard InChI is InChI=1S/C24H24N2O3/c1-29-21-13-11-20(12-14-21)26(17-25-15-5-10-23(25)27)24(28)16-19-8-4-7-18-6-2-3-9-22(18)19/h2-4,6-9,11-14H,5,10,15-17H2,1H3. The van der Waals surface area contributed by atoms with Gasteiger partial charge in [0.05, 0.1) is 13.5 Å². The molecular weight excluding hydrogens is 364 g/mol. The van der Waals surface area contributed by atoms with Gasteiger partial charge in [-0.3, -0.25) is 14.5 Å². The predicted octanol–water partition coefficient (Wildman–Crippen LogP) is 4.00. The minimum absolute atomic E-state index is 0.0359. The summed E-state index contributed by atoms with van der Waals surface area (Å²) in [5, 5.41) is 2.19. The maximum absolute atomic E-state index is 13.4. The molecule has 0 unspecified atom stereocenters. The van der Waals surface area contributed by atoms with Crippen molar-refractivity contribution in [3.63, 3.8) is 0 Å². The Balaban J connectivity index is 1.63. The van der Waals surface area contributed by atoms with Gasteiger partial charge in [0.2, 0.25) is 11.8 Å². The number of carbonyl (C=O) groups excluding carboxylic acids is 2. The van der Waals surface area contributed by atoms with Crippen LogP contribution in [0.4, 0.5) is 5.69 Å². The van der Waals surface area contributed by atoms with E-state index in [0.29, 0.717) is 13.0 Å².